The fourth-order valence-electron chi connectivity index (χ4n) is 3.44. The standard InChI is InChI=1S/C21H32N6O/c1-16(2)20-25-19(28-26-20)11-12-23-21(22-3)24-18-10-7-13-27(15-18)14-17-8-5-4-6-9-17/h4-6,8-9,16,18H,7,10-15H2,1-3H3,(H2,22,23,24). The summed E-state index contributed by atoms with van der Waals surface area (Å²) in [7, 11) is 1.81. The second-order valence-corrected chi connectivity index (χ2v) is 7.65. The highest BCUT2D eigenvalue weighted by Gasteiger charge is 2.20. The van der Waals surface area contributed by atoms with Gasteiger partial charge in [-0.1, -0.05) is 49.3 Å². The zero-order valence-corrected chi connectivity index (χ0v) is 17.2. The monoisotopic (exact) mass is 384 g/mol. The van der Waals surface area contributed by atoms with Crippen molar-refractivity contribution in [3.8, 4) is 0 Å². The van der Waals surface area contributed by atoms with Gasteiger partial charge in [0.15, 0.2) is 11.8 Å². The van der Waals surface area contributed by atoms with Crippen molar-refractivity contribution in [2.45, 2.75) is 51.6 Å². The maximum atomic E-state index is 5.29. The molecule has 28 heavy (non-hydrogen) atoms. The Bertz CT molecular complexity index is 742. The Balaban J connectivity index is 1.43. The molecule has 7 heteroatoms. The summed E-state index contributed by atoms with van der Waals surface area (Å²) < 4.78 is 5.29. The number of nitrogens with zero attached hydrogens (tertiary/aromatic N) is 4. The van der Waals surface area contributed by atoms with Crippen molar-refractivity contribution in [3.05, 3.63) is 47.6 Å². The van der Waals surface area contributed by atoms with Crippen molar-refractivity contribution in [1.29, 1.82) is 0 Å². The molecule has 0 bridgehead atoms. The molecule has 152 valence electrons. The third-order valence-corrected chi connectivity index (χ3v) is 4.95. The molecule has 2 heterocycles. The molecule has 1 saturated heterocycles. The summed E-state index contributed by atoms with van der Waals surface area (Å²) in [5.41, 5.74) is 1.37. The Kier molecular flexibility index (Phi) is 7.42. The number of hydrogen-bond acceptors (Lipinski definition) is 5. The highest BCUT2D eigenvalue weighted by Crippen LogP contribution is 2.14. The minimum absolute atomic E-state index is 0.282. The highest BCUT2D eigenvalue weighted by atomic mass is 16.5. The van der Waals surface area contributed by atoms with E-state index in [1.807, 2.05) is 7.05 Å². The van der Waals surface area contributed by atoms with E-state index in [0.29, 0.717) is 24.9 Å². The summed E-state index contributed by atoms with van der Waals surface area (Å²) in [5, 5.41) is 10.9. The van der Waals surface area contributed by atoms with Crippen molar-refractivity contribution in [2.75, 3.05) is 26.7 Å². The van der Waals surface area contributed by atoms with Gasteiger partial charge in [0.2, 0.25) is 5.89 Å². The Morgan fingerprint density at radius 3 is 2.86 bits per heavy atom. The van der Waals surface area contributed by atoms with Crippen LogP contribution in [-0.2, 0) is 13.0 Å². The van der Waals surface area contributed by atoms with Crippen LogP contribution in [0.4, 0.5) is 0 Å². The van der Waals surface area contributed by atoms with Crippen LogP contribution in [0.25, 0.3) is 0 Å². The van der Waals surface area contributed by atoms with E-state index >= 15 is 0 Å². The maximum Gasteiger partial charge on any atom is 0.228 e. The number of nitrogens with one attached hydrogen (secondary N) is 2. The Hall–Kier alpha value is -2.41. The van der Waals surface area contributed by atoms with Gasteiger partial charge in [0.1, 0.15) is 0 Å². The number of guanidine groups is 1. The molecular weight excluding hydrogens is 352 g/mol. The molecule has 0 radical (unpaired) electrons. The van der Waals surface area contributed by atoms with Gasteiger partial charge in [0.05, 0.1) is 0 Å². The quantitative estimate of drug-likeness (QED) is 0.564. The van der Waals surface area contributed by atoms with E-state index in [1.54, 1.807) is 0 Å². The molecule has 2 N–H and O–H groups in total. The van der Waals surface area contributed by atoms with Crippen molar-refractivity contribution in [3.63, 3.8) is 0 Å². The van der Waals surface area contributed by atoms with Crippen molar-refractivity contribution >= 4 is 5.96 Å². The summed E-state index contributed by atoms with van der Waals surface area (Å²) in [5.74, 6) is 2.54. The van der Waals surface area contributed by atoms with E-state index in [-0.39, 0.29) is 5.92 Å². The fourth-order valence-corrected chi connectivity index (χ4v) is 3.44. The average Bonchev–Trinajstić information content (AvgIpc) is 3.18. The second kappa shape index (κ2) is 10.2. The number of aliphatic imine (C=N–C) groups is 1. The molecule has 2 aromatic rings. The minimum atomic E-state index is 0.282. The van der Waals surface area contributed by atoms with Gasteiger partial charge >= 0.3 is 0 Å². The summed E-state index contributed by atoms with van der Waals surface area (Å²) in [6.45, 7) is 8.00. The van der Waals surface area contributed by atoms with Gasteiger partial charge in [-0.3, -0.25) is 9.89 Å². The van der Waals surface area contributed by atoms with Gasteiger partial charge in [-0.05, 0) is 24.9 Å². The van der Waals surface area contributed by atoms with Crippen molar-refractivity contribution < 1.29 is 4.52 Å². The molecular formula is C21H32N6O. The van der Waals surface area contributed by atoms with Crippen LogP contribution < -0.4 is 10.6 Å². The lowest BCUT2D eigenvalue weighted by molar-refractivity contribution is 0.192. The largest absolute Gasteiger partial charge is 0.356 e. The van der Waals surface area contributed by atoms with Gasteiger partial charge in [-0.2, -0.15) is 4.98 Å². The van der Waals surface area contributed by atoms with E-state index in [4.69, 9.17) is 4.52 Å². The smallest absolute Gasteiger partial charge is 0.228 e. The average molecular weight is 385 g/mol. The number of hydrogen-bond donors (Lipinski definition) is 2. The Morgan fingerprint density at radius 1 is 1.32 bits per heavy atom. The molecule has 1 fully saturated rings. The molecule has 0 saturated carbocycles. The van der Waals surface area contributed by atoms with Crippen LogP contribution in [0.3, 0.4) is 0 Å². The van der Waals surface area contributed by atoms with E-state index in [0.717, 1.165) is 37.8 Å². The van der Waals surface area contributed by atoms with Gasteiger partial charge < -0.3 is 15.2 Å². The molecule has 1 aliphatic heterocycles. The van der Waals surface area contributed by atoms with Crippen LogP contribution in [0.1, 0.15) is 49.9 Å². The van der Waals surface area contributed by atoms with Gasteiger partial charge in [0.25, 0.3) is 0 Å². The zero-order valence-electron chi connectivity index (χ0n) is 17.2. The number of piperidine rings is 1. The molecule has 1 aliphatic rings. The van der Waals surface area contributed by atoms with E-state index in [2.05, 4.69) is 74.8 Å². The lowest BCUT2D eigenvalue weighted by atomic mass is 10.0. The molecule has 1 atom stereocenters. The first-order chi connectivity index (χ1) is 13.6. The first-order valence-electron chi connectivity index (χ1n) is 10.2. The Morgan fingerprint density at radius 2 is 2.14 bits per heavy atom. The van der Waals surface area contributed by atoms with Gasteiger partial charge in [-0.25, -0.2) is 0 Å². The first-order valence-corrected chi connectivity index (χ1v) is 10.2. The summed E-state index contributed by atoms with van der Waals surface area (Å²) in [6.07, 6.45) is 3.04. The van der Waals surface area contributed by atoms with Crippen molar-refractivity contribution in [2.24, 2.45) is 4.99 Å². The molecule has 1 aromatic heterocycles. The molecule has 1 aromatic carbocycles. The van der Waals surface area contributed by atoms with E-state index in [9.17, 15) is 0 Å². The molecule has 3 rings (SSSR count). The SMILES string of the molecule is CN=C(NCCc1nc(C(C)C)no1)NC1CCCN(Cc2ccccc2)C1. The number of aromatic nitrogens is 2. The zero-order chi connectivity index (χ0) is 19.8. The van der Waals surface area contributed by atoms with Gasteiger partial charge in [-0.15, -0.1) is 0 Å². The Labute approximate surface area is 167 Å². The van der Waals surface area contributed by atoms with Crippen LogP contribution in [0, 0.1) is 0 Å². The fraction of sp³-hybridized carbons (Fsp3) is 0.571. The summed E-state index contributed by atoms with van der Waals surface area (Å²) >= 11 is 0. The van der Waals surface area contributed by atoms with Crippen molar-refractivity contribution in [1.82, 2.24) is 25.7 Å². The molecule has 7 nitrogen and oxygen atoms in total. The number of benzene rings is 1. The third kappa shape index (κ3) is 6.05. The van der Waals surface area contributed by atoms with Crippen LogP contribution in [0.2, 0.25) is 0 Å². The van der Waals surface area contributed by atoms with Crippen LogP contribution in [0.5, 0.6) is 0 Å². The number of rotatable bonds is 7. The first kappa shape index (κ1) is 20.3. The highest BCUT2D eigenvalue weighted by molar-refractivity contribution is 5.79. The lowest BCUT2D eigenvalue weighted by Gasteiger charge is -2.34. The summed E-state index contributed by atoms with van der Waals surface area (Å²) in [4.78, 5) is 11.3. The summed E-state index contributed by atoms with van der Waals surface area (Å²) in [6, 6.07) is 11.1. The predicted molar refractivity (Wildman–Crippen MR) is 111 cm³/mol. The molecule has 0 aliphatic carbocycles. The lowest BCUT2D eigenvalue weighted by Crippen LogP contribution is -2.51. The van der Waals surface area contributed by atoms with Crippen LogP contribution >= 0.6 is 0 Å². The van der Waals surface area contributed by atoms with Gasteiger partial charge in [0, 0.05) is 45.1 Å². The predicted octanol–water partition coefficient (Wildman–Crippen LogP) is 2.57. The molecule has 1 unspecified atom stereocenters. The normalized spacial score (nSPS) is 18.4. The third-order valence-electron chi connectivity index (χ3n) is 4.95. The number of likely N-dealkylation sites (tertiary alicyclic amines) is 1. The minimum Gasteiger partial charge on any atom is -0.356 e. The second-order valence-electron chi connectivity index (χ2n) is 7.65. The van der Waals surface area contributed by atoms with E-state index in [1.165, 1.54) is 12.0 Å². The van der Waals surface area contributed by atoms with Crippen LogP contribution in [-0.4, -0.2) is 53.7 Å². The molecule has 0 spiro atoms. The maximum absolute atomic E-state index is 5.29. The van der Waals surface area contributed by atoms with E-state index < -0.39 is 0 Å². The molecule has 0 amide bonds. The van der Waals surface area contributed by atoms with Crippen LogP contribution in [0.15, 0.2) is 39.8 Å². The topological polar surface area (TPSA) is 78.6 Å².